The second-order valence-electron chi connectivity index (χ2n) is 13.4. The molecule has 0 spiro atoms. The maximum absolute atomic E-state index is 13.4. The lowest BCUT2D eigenvalue weighted by molar-refractivity contribution is 0.0290. The highest BCUT2D eigenvalue weighted by Gasteiger charge is 2.31. The fourth-order valence-corrected chi connectivity index (χ4v) is 6.23. The van der Waals surface area contributed by atoms with Gasteiger partial charge in [-0.15, -0.1) is 0 Å². The topological polar surface area (TPSA) is 104 Å². The summed E-state index contributed by atoms with van der Waals surface area (Å²) in [5, 5.41) is 6.09. The average molecular weight is 615 g/mol. The molecule has 0 saturated carbocycles. The number of ether oxygens (including phenoxy) is 1. The van der Waals surface area contributed by atoms with Crippen molar-refractivity contribution in [3.8, 4) is 0 Å². The molecule has 5 rings (SSSR count). The van der Waals surface area contributed by atoms with Crippen molar-refractivity contribution in [3.05, 3.63) is 82.8 Å². The van der Waals surface area contributed by atoms with Crippen LogP contribution in [0.1, 0.15) is 84.3 Å². The van der Waals surface area contributed by atoms with Crippen molar-refractivity contribution in [3.63, 3.8) is 0 Å². The van der Waals surface area contributed by atoms with Gasteiger partial charge in [0.25, 0.3) is 11.8 Å². The van der Waals surface area contributed by atoms with Gasteiger partial charge in [0.05, 0.1) is 0 Å². The molecule has 1 aromatic heterocycles. The first-order valence-electron chi connectivity index (χ1n) is 16.1. The summed E-state index contributed by atoms with van der Waals surface area (Å²) in [6.45, 7) is 12.4. The molecule has 1 unspecified atom stereocenters. The highest BCUT2D eigenvalue weighted by Crippen LogP contribution is 2.30. The minimum Gasteiger partial charge on any atom is -0.456 e. The third-order valence-electron chi connectivity index (χ3n) is 8.57. The van der Waals surface area contributed by atoms with Gasteiger partial charge in [-0.2, -0.15) is 0 Å². The van der Waals surface area contributed by atoms with E-state index in [1.54, 1.807) is 30.0 Å². The Bertz CT molecular complexity index is 1520. The summed E-state index contributed by atoms with van der Waals surface area (Å²) in [4.78, 5) is 43.1. The van der Waals surface area contributed by atoms with Crippen molar-refractivity contribution >= 4 is 29.3 Å². The molecule has 2 fully saturated rings. The van der Waals surface area contributed by atoms with Crippen LogP contribution >= 0.6 is 0 Å². The van der Waals surface area contributed by atoms with Gasteiger partial charge in [0, 0.05) is 49.2 Å². The molecule has 2 aliphatic rings. The van der Waals surface area contributed by atoms with E-state index in [0.717, 1.165) is 44.3 Å². The third-order valence-corrected chi connectivity index (χ3v) is 8.57. The van der Waals surface area contributed by atoms with Gasteiger partial charge in [-0.05, 0) is 114 Å². The molecule has 2 atom stereocenters. The summed E-state index contributed by atoms with van der Waals surface area (Å²) in [6, 6.07) is 17.3. The molecular formula is C36H46N4O5. The molecule has 2 aromatic carbocycles. The van der Waals surface area contributed by atoms with Crippen LogP contribution in [0, 0.1) is 19.8 Å². The molecule has 0 radical (unpaired) electrons. The Labute approximate surface area is 266 Å². The van der Waals surface area contributed by atoms with E-state index >= 15 is 0 Å². The highest BCUT2D eigenvalue weighted by molar-refractivity contribution is 6.04. The number of para-hydroxylation sites is 1. The molecule has 3 heterocycles. The van der Waals surface area contributed by atoms with E-state index in [0.29, 0.717) is 42.4 Å². The van der Waals surface area contributed by atoms with Crippen molar-refractivity contribution in [1.82, 2.24) is 10.2 Å². The normalized spacial score (nSPS) is 18.8. The number of nitrogens with one attached hydrogen (secondary N) is 2. The fraction of sp³-hybridized carbons (Fsp3) is 0.472. The lowest BCUT2D eigenvalue weighted by Crippen LogP contribution is -2.40. The van der Waals surface area contributed by atoms with Crippen LogP contribution in [0.3, 0.4) is 0 Å². The lowest BCUT2D eigenvalue weighted by atomic mass is 9.91. The Morgan fingerprint density at radius 2 is 1.73 bits per heavy atom. The minimum atomic E-state index is -0.577. The second kappa shape index (κ2) is 13.8. The molecule has 3 aromatic rings. The van der Waals surface area contributed by atoms with Gasteiger partial charge in [0.15, 0.2) is 5.76 Å². The molecule has 0 bridgehead atoms. The number of benzene rings is 2. The molecule has 2 N–H and O–H groups in total. The number of carbonyl (C=O) groups is 3. The molecule has 240 valence electrons. The Kier molecular flexibility index (Phi) is 9.85. The average Bonchev–Trinajstić information content (AvgIpc) is 3.57. The van der Waals surface area contributed by atoms with Crippen LogP contribution < -0.4 is 15.5 Å². The summed E-state index contributed by atoms with van der Waals surface area (Å²) in [5.41, 5.74) is 4.07. The molecule has 45 heavy (non-hydrogen) atoms. The molecular weight excluding hydrogens is 568 g/mol. The van der Waals surface area contributed by atoms with E-state index < -0.39 is 5.60 Å². The van der Waals surface area contributed by atoms with E-state index in [1.165, 1.54) is 11.3 Å². The lowest BCUT2D eigenvalue weighted by Gasteiger charge is -2.25. The number of amides is 3. The molecule has 9 nitrogen and oxygen atoms in total. The van der Waals surface area contributed by atoms with Crippen molar-refractivity contribution < 1.29 is 23.5 Å². The maximum atomic E-state index is 13.4. The van der Waals surface area contributed by atoms with Gasteiger partial charge in [0.2, 0.25) is 0 Å². The van der Waals surface area contributed by atoms with Crippen LogP contribution in [0.5, 0.6) is 0 Å². The Hall–Kier alpha value is -4.27. The van der Waals surface area contributed by atoms with Gasteiger partial charge in [-0.25, -0.2) is 4.79 Å². The number of carbonyl (C=O) groups excluding carboxylic acids is 3. The predicted octanol–water partition coefficient (Wildman–Crippen LogP) is 6.74. The minimum absolute atomic E-state index is 0.184. The Morgan fingerprint density at radius 3 is 2.47 bits per heavy atom. The van der Waals surface area contributed by atoms with Crippen LogP contribution in [0.25, 0.3) is 0 Å². The molecule has 3 amide bonds. The van der Waals surface area contributed by atoms with E-state index in [-0.39, 0.29) is 29.7 Å². The van der Waals surface area contributed by atoms with E-state index in [1.807, 2.05) is 32.9 Å². The first-order valence-corrected chi connectivity index (χ1v) is 16.1. The number of anilines is 2. The predicted molar refractivity (Wildman–Crippen MR) is 176 cm³/mol. The largest absolute Gasteiger partial charge is 0.456 e. The first kappa shape index (κ1) is 32.1. The van der Waals surface area contributed by atoms with Gasteiger partial charge in [0.1, 0.15) is 11.4 Å². The van der Waals surface area contributed by atoms with Crippen LogP contribution in [0.15, 0.2) is 59.0 Å². The Morgan fingerprint density at radius 1 is 0.933 bits per heavy atom. The van der Waals surface area contributed by atoms with Crippen molar-refractivity contribution in [2.24, 2.45) is 5.92 Å². The number of furan rings is 1. The molecule has 2 saturated heterocycles. The van der Waals surface area contributed by atoms with Gasteiger partial charge in [-0.3, -0.25) is 9.59 Å². The summed E-state index contributed by atoms with van der Waals surface area (Å²) in [7, 11) is 0. The second-order valence-corrected chi connectivity index (χ2v) is 13.4. The van der Waals surface area contributed by atoms with Crippen LogP contribution in [0.2, 0.25) is 0 Å². The summed E-state index contributed by atoms with van der Waals surface area (Å²) < 4.78 is 11.1. The quantitative estimate of drug-likeness (QED) is 0.306. The van der Waals surface area contributed by atoms with Gasteiger partial charge < -0.3 is 29.6 Å². The standard InChI is InChI=1S/C36H46N4O5/c1-24-9-6-7-11-31(24)39-18-8-10-26(16-19-39)21-27-13-14-28(22-30(27)38-34(42)32-15-12-25(2)44-32)33(41)37-29-17-20-40(23-29)35(43)45-36(3,4)5/h6-7,9,11-15,22,26,29H,8,10,16-21,23H2,1-5H3,(H,37,41)(H,38,42)/t26?,29-/m1/s1. The number of nitrogens with zero attached hydrogens (tertiary/aromatic N) is 2. The number of aryl methyl sites for hydroxylation is 2. The van der Waals surface area contributed by atoms with Crippen molar-refractivity contribution in [2.45, 2.75) is 78.4 Å². The summed E-state index contributed by atoms with van der Waals surface area (Å²) in [5.74, 6) is 0.729. The number of rotatable bonds is 7. The van der Waals surface area contributed by atoms with Crippen molar-refractivity contribution in [1.29, 1.82) is 0 Å². The molecule has 0 aliphatic carbocycles. The van der Waals surface area contributed by atoms with E-state index in [9.17, 15) is 14.4 Å². The number of likely N-dealkylation sites (tertiary alicyclic amines) is 1. The SMILES string of the molecule is Cc1ccc(C(=O)Nc2cc(C(=O)N[C@@H]3CCN(C(=O)OC(C)(C)C)C3)ccc2CC2CCCN(c3ccccc3C)CC2)o1. The monoisotopic (exact) mass is 614 g/mol. The number of hydrogen-bond donors (Lipinski definition) is 2. The van der Waals surface area contributed by atoms with E-state index in [2.05, 4.69) is 46.7 Å². The zero-order valence-electron chi connectivity index (χ0n) is 27.2. The summed E-state index contributed by atoms with van der Waals surface area (Å²) >= 11 is 0. The van der Waals surface area contributed by atoms with Crippen LogP contribution in [-0.2, 0) is 11.2 Å². The molecule has 2 aliphatic heterocycles. The van der Waals surface area contributed by atoms with Crippen molar-refractivity contribution in [2.75, 3.05) is 36.4 Å². The third kappa shape index (κ3) is 8.47. The zero-order chi connectivity index (χ0) is 32.1. The van der Waals surface area contributed by atoms with Gasteiger partial charge in [-0.1, -0.05) is 24.3 Å². The highest BCUT2D eigenvalue weighted by atomic mass is 16.6. The fourth-order valence-electron chi connectivity index (χ4n) is 6.23. The van der Waals surface area contributed by atoms with Gasteiger partial charge >= 0.3 is 6.09 Å². The smallest absolute Gasteiger partial charge is 0.410 e. The number of hydrogen-bond acceptors (Lipinski definition) is 6. The molecule has 9 heteroatoms. The van der Waals surface area contributed by atoms with Crippen LogP contribution in [0.4, 0.5) is 16.2 Å². The maximum Gasteiger partial charge on any atom is 0.410 e. The van der Waals surface area contributed by atoms with Crippen LogP contribution in [-0.4, -0.2) is 60.6 Å². The summed E-state index contributed by atoms with van der Waals surface area (Å²) in [6.07, 6.45) is 4.29. The zero-order valence-corrected chi connectivity index (χ0v) is 27.2. The van der Waals surface area contributed by atoms with E-state index in [4.69, 9.17) is 9.15 Å². The first-order chi connectivity index (χ1) is 21.4. The Balaban J connectivity index is 1.29.